The molecule has 1 heterocycles. The highest BCUT2D eigenvalue weighted by Gasteiger charge is 2.25. The number of methoxy groups -OCH3 is 1. The van der Waals surface area contributed by atoms with Gasteiger partial charge in [-0.05, 0) is 25.1 Å². The quantitative estimate of drug-likeness (QED) is 0.790. The maximum absolute atomic E-state index is 12.5. The Kier molecular flexibility index (Phi) is 4.39. The number of ketones is 1. The molecule has 1 unspecified atom stereocenters. The molecular weight excluding hydrogens is 244 g/mol. The number of hydrogen-bond donors (Lipinski definition) is 2. The van der Waals surface area contributed by atoms with Gasteiger partial charge in [-0.25, -0.2) is 0 Å². The Bertz CT molecular complexity index is 456. The third kappa shape index (κ3) is 3.05. The second kappa shape index (κ2) is 6.04. The number of aromatic hydroxyl groups is 1. The van der Waals surface area contributed by atoms with Gasteiger partial charge in [0.15, 0.2) is 5.78 Å². The van der Waals surface area contributed by atoms with E-state index in [0.717, 1.165) is 26.2 Å². The van der Waals surface area contributed by atoms with Gasteiger partial charge in [-0.3, -0.25) is 9.69 Å². The number of carbonyl (C=O) groups is 1. The molecule has 1 aromatic rings. The summed E-state index contributed by atoms with van der Waals surface area (Å²) < 4.78 is 5.10. The van der Waals surface area contributed by atoms with E-state index in [-0.39, 0.29) is 17.6 Å². The van der Waals surface area contributed by atoms with Crippen LogP contribution in [0.15, 0.2) is 18.2 Å². The number of rotatable bonds is 4. The first-order valence-electron chi connectivity index (χ1n) is 6.49. The predicted molar refractivity (Wildman–Crippen MR) is 72.9 cm³/mol. The number of carbonyl (C=O) groups excluding carboxylic acids is 1. The number of benzene rings is 1. The molecule has 2 N–H and O–H groups in total. The van der Waals surface area contributed by atoms with Crippen molar-refractivity contribution in [2.75, 3.05) is 33.3 Å². The number of nitrogens with one attached hydrogen (secondary N) is 1. The fraction of sp³-hybridized carbons (Fsp3) is 0.500. The van der Waals surface area contributed by atoms with E-state index in [9.17, 15) is 9.90 Å². The molecule has 0 radical (unpaired) electrons. The smallest absolute Gasteiger partial charge is 0.183 e. The summed E-state index contributed by atoms with van der Waals surface area (Å²) in [6.45, 7) is 5.35. The van der Waals surface area contributed by atoms with Crippen LogP contribution in [0.25, 0.3) is 0 Å². The SMILES string of the molecule is COc1ccc(O)c(C(=O)C(C)N2CCNCC2)c1. The summed E-state index contributed by atoms with van der Waals surface area (Å²) in [5, 5.41) is 13.1. The van der Waals surface area contributed by atoms with E-state index in [1.165, 1.54) is 6.07 Å². The lowest BCUT2D eigenvalue weighted by Gasteiger charge is -2.32. The lowest BCUT2D eigenvalue weighted by Crippen LogP contribution is -2.50. The Morgan fingerprint density at radius 1 is 1.42 bits per heavy atom. The first kappa shape index (κ1) is 13.8. The fourth-order valence-corrected chi connectivity index (χ4v) is 2.30. The number of hydrogen-bond acceptors (Lipinski definition) is 5. The number of phenolic OH excluding ortho intramolecular Hbond substituents is 1. The zero-order valence-corrected chi connectivity index (χ0v) is 11.3. The highest BCUT2D eigenvalue weighted by atomic mass is 16.5. The molecule has 5 heteroatoms. The molecule has 1 aromatic carbocycles. The molecule has 0 spiro atoms. The number of ether oxygens (including phenoxy) is 1. The highest BCUT2D eigenvalue weighted by molar-refractivity contribution is 6.02. The fourth-order valence-electron chi connectivity index (χ4n) is 2.30. The Morgan fingerprint density at radius 2 is 2.11 bits per heavy atom. The molecule has 1 atom stereocenters. The van der Waals surface area contributed by atoms with E-state index < -0.39 is 0 Å². The van der Waals surface area contributed by atoms with Crippen molar-refractivity contribution in [2.24, 2.45) is 0 Å². The van der Waals surface area contributed by atoms with Crippen molar-refractivity contribution in [3.05, 3.63) is 23.8 Å². The average Bonchev–Trinajstić information content (AvgIpc) is 2.47. The van der Waals surface area contributed by atoms with Gasteiger partial charge in [0, 0.05) is 26.2 Å². The second-order valence-corrected chi connectivity index (χ2v) is 4.71. The molecule has 0 saturated carbocycles. The predicted octanol–water partition coefficient (Wildman–Crippen LogP) is 0.877. The van der Waals surface area contributed by atoms with Crippen LogP contribution < -0.4 is 10.1 Å². The minimum atomic E-state index is -0.236. The molecule has 1 fully saturated rings. The standard InChI is InChI=1S/C14H20N2O3/c1-10(16-7-5-15-6-8-16)14(18)12-9-11(19-2)3-4-13(12)17/h3-4,9-10,15,17H,5-8H2,1-2H3. The van der Waals surface area contributed by atoms with Crippen LogP contribution >= 0.6 is 0 Å². The van der Waals surface area contributed by atoms with Gasteiger partial charge in [0.25, 0.3) is 0 Å². The first-order chi connectivity index (χ1) is 9.13. The van der Waals surface area contributed by atoms with Gasteiger partial charge in [-0.2, -0.15) is 0 Å². The maximum Gasteiger partial charge on any atom is 0.183 e. The normalized spacial score (nSPS) is 18.0. The van der Waals surface area contributed by atoms with Crippen molar-refractivity contribution in [3.63, 3.8) is 0 Å². The molecule has 1 aliphatic heterocycles. The molecule has 104 valence electrons. The molecule has 0 bridgehead atoms. The number of Topliss-reactive ketones (excluding diaryl/α,β-unsaturated/α-hetero) is 1. The van der Waals surface area contributed by atoms with Crippen molar-refractivity contribution in [1.29, 1.82) is 0 Å². The van der Waals surface area contributed by atoms with Crippen LogP contribution in [0.2, 0.25) is 0 Å². The number of nitrogens with zero attached hydrogens (tertiary/aromatic N) is 1. The third-order valence-electron chi connectivity index (χ3n) is 3.55. The lowest BCUT2D eigenvalue weighted by molar-refractivity contribution is 0.0817. The Morgan fingerprint density at radius 3 is 2.74 bits per heavy atom. The average molecular weight is 264 g/mol. The van der Waals surface area contributed by atoms with Crippen LogP contribution in [0, 0.1) is 0 Å². The first-order valence-corrected chi connectivity index (χ1v) is 6.49. The van der Waals surface area contributed by atoms with Gasteiger partial charge in [0.05, 0.1) is 18.7 Å². The molecule has 1 aliphatic rings. The summed E-state index contributed by atoms with van der Waals surface area (Å²) >= 11 is 0. The summed E-state index contributed by atoms with van der Waals surface area (Å²) in [5.41, 5.74) is 0.324. The molecule has 0 amide bonds. The van der Waals surface area contributed by atoms with E-state index in [2.05, 4.69) is 10.2 Å². The third-order valence-corrected chi connectivity index (χ3v) is 3.55. The van der Waals surface area contributed by atoms with Crippen molar-refractivity contribution in [3.8, 4) is 11.5 Å². The molecule has 0 aromatic heterocycles. The molecule has 0 aliphatic carbocycles. The van der Waals surface area contributed by atoms with Gasteiger partial charge in [0.1, 0.15) is 11.5 Å². The van der Waals surface area contributed by atoms with E-state index in [1.807, 2.05) is 6.92 Å². The van der Waals surface area contributed by atoms with Crippen LogP contribution in [-0.2, 0) is 0 Å². The van der Waals surface area contributed by atoms with Crippen molar-refractivity contribution in [2.45, 2.75) is 13.0 Å². The van der Waals surface area contributed by atoms with Gasteiger partial charge in [0.2, 0.25) is 0 Å². The van der Waals surface area contributed by atoms with Crippen molar-refractivity contribution < 1.29 is 14.6 Å². The number of phenols is 1. The zero-order valence-electron chi connectivity index (χ0n) is 11.3. The summed E-state index contributed by atoms with van der Waals surface area (Å²) in [6.07, 6.45) is 0. The lowest BCUT2D eigenvalue weighted by atomic mass is 10.0. The second-order valence-electron chi connectivity index (χ2n) is 4.71. The number of piperazine rings is 1. The Labute approximate surface area is 113 Å². The Balaban J connectivity index is 2.18. The molecule has 19 heavy (non-hydrogen) atoms. The van der Waals surface area contributed by atoms with Crippen LogP contribution in [0.1, 0.15) is 17.3 Å². The van der Waals surface area contributed by atoms with Gasteiger partial charge in [-0.1, -0.05) is 0 Å². The summed E-state index contributed by atoms with van der Waals surface area (Å²) in [5.74, 6) is 0.514. The van der Waals surface area contributed by atoms with Gasteiger partial charge >= 0.3 is 0 Å². The van der Waals surface area contributed by atoms with Crippen LogP contribution in [-0.4, -0.2) is 55.1 Å². The van der Waals surface area contributed by atoms with E-state index in [4.69, 9.17) is 4.74 Å². The Hall–Kier alpha value is -1.59. The van der Waals surface area contributed by atoms with Gasteiger partial charge in [-0.15, -0.1) is 0 Å². The van der Waals surface area contributed by atoms with Crippen LogP contribution in [0.3, 0.4) is 0 Å². The summed E-state index contributed by atoms with van der Waals surface area (Å²) in [6, 6.07) is 4.49. The van der Waals surface area contributed by atoms with Crippen LogP contribution in [0.5, 0.6) is 11.5 Å². The molecule has 1 saturated heterocycles. The van der Waals surface area contributed by atoms with Crippen molar-refractivity contribution >= 4 is 5.78 Å². The summed E-state index contributed by atoms with van der Waals surface area (Å²) in [7, 11) is 1.54. The topological polar surface area (TPSA) is 61.8 Å². The largest absolute Gasteiger partial charge is 0.507 e. The van der Waals surface area contributed by atoms with Gasteiger partial charge < -0.3 is 15.2 Å². The molecule has 5 nitrogen and oxygen atoms in total. The van der Waals surface area contributed by atoms with E-state index in [0.29, 0.717) is 11.3 Å². The van der Waals surface area contributed by atoms with E-state index >= 15 is 0 Å². The highest BCUT2D eigenvalue weighted by Crippen LogP contribution is 2.25. The van der Waals surface area contributed by atoms with Crippen LogP contribution in [0.4, 0.5) is 0 Å². The monoisotopic (exact) mass is 264 g/mol. The van der Waals surface area contributed by atoms with E-state index in [1.54, 1.807) is 19.2 Å². The summed E-state index contributed by atoms with van der Waals surface area (Å²) in [4.78, 5) is 14.6. The molecule has 2 rings (SSSR count). The minimum Gasteiger partial charge on any atom is -0.507 e. The minimum absolute atomic E-state index is 0.00721. The zero-order chi connectivity index (χ0) is 13.8. The maximum atomic E-state index is 12.5. The molecular formula is C14H20N2O3. The van der Waals surface area contributed by atoms with Crippen molar-refractivity contribution in [1.82, 2.24) is 10.2 Å².